The maximum atomic E-state index is 14.6. The van der Waals surface area contributed by atoms with Gasteiger partial charge in [-0.1, -0.05) is 0 Å². The van der Waals surface area contributed by atoms with Crippen LogP contribution in [-0.2, 0) is 18.0 Å². The molecule has 3 aromatic carbocycles. The van der Waals surface area contributed by atoms with E-state index in [9.17, 15) is 52.7 Å². The number of alkyl halides is 9. The first-order valence-electron chi connectivity index (χ1n) is 12.7. The molecular formula is C29H26F9IO6S. The molecule has 0 saturated carbocycles. The third-order valence-corrected chi connectivity index (χ3v) is 13.8. The van der Waals surface area contributed by atoms with Crippen LogP contribution in [0.4, 0.5) is 39.5 Å². The summed E-state index contributed by atoms with van der Waals surface area (Å²) in [5.74, 6) is -15.0. The maximum absolute atomic E-state index is 14.6. The first-order chi connectivity index (χ1) is 20.9. The summed E-state index contributed by atoms with van der Waals surface area (Å²) in [5.41, 5.74) is 0.227. The molecule has 0 N–H and O–H groups in total. The van der Waals surface area contributed by atoms with Crippen molar-refractivity contribution in [1.82, 2.24) is 0 Å². The van der Waals surface area contributed by atoms with Gasteiger partial charge in [0.15, 0.2) is 0 Å². The van der Waals surface area contributed by atoms with Gasteiger partial charge in [-0.15, -0.1) is 0 Å². The number of methoxy groups -OCH3 is 2. The van der Waals surface area contributed by atoms with Crippen LogP contribution in [0.1, 0.15) is 42.3 Å². The summed E-state index contributed by atoms with van der Waals surface area (Å²) in [6.07, 6.45) is -7.23. The Hall–Kier alpha value is -3.06. The van der Waals surface area contributed by atoms with Gasteiger partial charge in [0.25, 0.3) is 0 Å². The number of hydrogen-bond acceptors (Lipinski definition) is 6. The zero-order valence-corrected chi connectivity index (χ0v) is 27.5. The third-order valence-electron chi connectivity index (χ3n) is 6.44. The number of hydrogen-bond donors (Lipinski definition) is 0. The van der Waals surface area contributed by atoms with Crippen molar-refractivity contribution in [2.75, 3.05) is 14.2 Å². The Bertz CT molecular complexity index is 1670. The van der Waals surface area contributed by atoms with Gasteiger partial charge in [0.1, 0.15) is 0 Å². The molecule has 0 fully saturated rings. The van der Waals surface area contributed by atoms with E-state index in [1.54, 1.807) is 20.8 Å². The average Bonchev–Trinajstić information content (AvgIpc) is 2.98. The van der Waals surface area contributed by atoms with Gasteiger partial charge >= 0.3 is 267 Å². The Morgan fingerprint density at radius 1 is 0.696 bits per heavy atom. The SMILES string of the molecule is COc1ccc(C(=O)c2ccc(I(OS(=O)(=O)C(F)(F)C(F)(F)C(F)(F)C(F)(F)F)c3ccc(C(C)(C)C)cc3)cc2)c(OC)c1. The summed E-state index contributed by atoms with van der Waals surface area (Å²) < 4.78 is 162. The molecule has 0 unspecified atom stereocenters. The van der Waals surface area contributed by atoms with Crippen molar-refractivity contribution in [3.63, 3.8) is 0 Å². The molecule has 46 heavy (non-hydrogen) atoms. The van der Waals surface area contributed by atoms with Gasteiger partial charge in [0, 0.05) is 0 Å². The summed E-state index contributed by atoms with van der Waals surface area (Å²) in [6.45, 7) is 5.41. The molecule has 0 saturated heterocycles. The molecule has 17 heteroatoms. The summed E-state index contributed by atoms with van der Waals surface area (Å²) in [5, 5.41) is -7.03. The quantitative estimate of drug-likeness (QED) is 0.110. The van der Waals surface area contributed by atoms with E-state index in [0.29, 0.717) is 11.3 Å². The van der Waals surface area contributed by atoms with E-state index in [-0.39, 0.29) is 24.0 Å². The standard InChI is InChI=1S/C29H26F9IO6S/c1-25(2,3)18-8-12-20(13-9-18)39(45-46(41,42)29(37,38)27(32,33)26(30,31)28(34,35)36)19-10-6-17(7-11-19)24(40)22-15-14-21(43-4)16-23(22)44-5/h6-16H,1-5H3. The predicted octanol–water partition coefficient (Wildman–Crippen LogP) is 8.47. The van der Waals surface area contributed by atoms with Gasteiger partial charge in [0.2, 0.25) is 0 Å². The first-order valence-corrected chi connectivity index (χ1v) is 17.2. The number of benzene rings is 3. The van der Waals surface area contributed by atoms with Crippen LogP contribution in [0, 0.1) is 7.14 Å². The van der Waals surface area contributed by atoms with E-state index in [4.69, 9.17) is 9.47 Å². The van der Waals surface area contributed by atoms with Crippen molar-refractivity contribution in [3.05, 3.63) is 90.6 Å². The van der Waals surface area contributed by atoms with Crippen LogP contribution in [0.5, 0.6) is 11.5 Å². The van der Waals surface area contributed by atoms with E-state index in [1.807, 2.05) is 0 Å². The number of rotatable bonds is 11. The number of ketones is 1. The zero-order chi connectivity index (χ0) is 35.1. The van der Waals surface area contributed by atoms with Gasteiger partial charge in [-0.2, -0.15) is 0 Å². The van der Waals surface area contributed by atoms with Crippen LogP contribution in [0.3, 0.4) is 0 Å². The molecule has 0 amide bonds. The third kappa shape index (κ3) is 6.95. The Morgan fingerprint density at radius 3 is 1.63 bits per heavy atom. The first kappa shape index (κ1) is 37.4. The van der Waals surface area contributed by atoms with Gasteiger partial charge in [-0.05, 0) is 0 Å². The van der Waals surface area contributed by atoms with E-state index in [2.05, 4.69) is 2.51 Å². The number of halogens is 10. The summed E-state index contributed by atoms with van der Waals surface area (Å²) >= 11 is -4.39. The van der Waals surface area contributed by atoms with Crippen LogP contribution >= 0.6 is 20.2 Å². The Labute approximate surface area is 265 Å². The van der Waals surface area contributed by atoms with E-state index >= 15 is 0 Å². The minimum absolute atomic E-state index is 0.0318. The Balaban J connectivity index is 2.11. The van der Waals surface area contributed by atoms with Crippen LogP contribution in [-0.4, -0.2) is 51.7 Å². The molecule has 0 bridgehead atoms. The molecule has 0 radical (unpaired) electrons. The van der Waals surface area contributed by atoms with E-state index in [1.165, 1.54) is 56.7 Å². The van der Waals surface area contributed by atoms with Crippen molar-refractivity contribution in [1.29, 1.82) is 0 Å². The molecule has 0 aliphatic carbocycles. The van der Waals surface area contributed by atoms with Gasteiger partial charge < -0.3 is 0 Å². The summed E-state index contributed by atoms with van der Waals surface area (Å²) in [4.78, 5) is 13.2. The molecule has 0 atom stereocenters. The average molecular weight is 800 g/mol. The van der Waals surface area contributed by atoms with Crippen LogP contribution in [0.25, 0.3) is 0 Å². The summed E-state index contributed by atoms with van der Waals surface area (Å²) in [7, 11) is -4.50. The second-order valence-electron chi connectivity index (χ2n) is 10.6. The van der Waals surface area contributed by atoms with Crippen LogP contribution < -0.4 is 9.47 Å². The molecule has 0 spiro atoms. The predicted molar refractivity (Wildman–Crippen MR) is 157 cm³/mol. The second kappa shape index (κ2) is 12.9. The van der Waals surface area contributed by atoms with Crippen molar-refractivity contribution in [2.45, 2.75) is 49.5 Å². The monoisotopic (exact) mass is 800 g/mol. The van der Waals surface area contributed by atoms with Crippen LogP contribution in [0.15, 0.2) is 66.7 Å². The van der Waals surface area contributed by atoms with Gasteiger partial charge in [-0.3, -0.25) is 0 Å². The molecule has 0 aromatic heterocycles. The molecule has 0 aliphatic heterocycles. The van der Waals surface area contributed by atoms with Crippen LogP contribution in [0.2, 0.25) is 0 Å². The Kier molecular flexibility index (Phi) is 10.5. The zero-order valence-electron chi connectivity index (χ0n) is 24.5. The van der Waals surface area contributed by atoms with Crippen molar-refractivity contribution in [3.8, 4) is 11.5 Å². The van der Waals surface area contributed by atoms with E-state index in [0.717, 1.165) is 24.3 Å². The number of ether oxygens (including phenoxy) is 2. The molecule has 0 heterocycles. The van der Waals surface area contributed by atoms with E-state index < -0.39 is 64.8 Å². The fraction of sp³-hybridized carbons (Fsp3) is 0.345. The topological polar surface area (TPSA) is 78.9 Å². The van der Waals surface area contributed by atoms with Crippen molar-refractivity contribution >= 4 is 36.1 Å². The molecule has 6 nitrogen and oxygen atoms in total. The normalized spacial score (nSPS) is 13.7. The fourth-order valence-corrected chi connectivity index (χ4v) is 10.7. The van der Waals surface area contributed by atoms with Gasteiger partial charge in [-0.25, -0.2) is 0 Å². The molecule has 254 valence electrons. The molecule has 3 aromatic rings. The second-order valence-corrected chi connectivity index (χ2v) is 17.1. The minimum atomic E-state index is -7.46. The number of carbonyl (C=O) groups excluding carboxylic acids is 1. The molecular weight excluding hydrogens is 774 g/mol. The number of carbonyl (C=O) groups is 1. The van der Waals surface area contributed by atoms with Crippen molar-refractivity contribution in [2.24, 2.45) is 0 Å². The molecule has 3 rings (SSSR count). The fourth-order valence-electron chi connectivity index (χ4n) is 3.76. The summed E-state index contributed by atoms with van der Waals surface area (Å²) in [6, 6.07) is 14.1. The molecule has 0 aliphatic rings. The van der Waals surface area contributed by atoms with Gasteiger partial charge in [0.05, 0.1) is 0 Å². The Morgan fingerprint density at radius 2 is 1.20 bits per heavy atom. The van der Waals surface area contributed by atoms with Crippen molar-refractivity contribution < 1.29 is 64.7 Å².